The Kier molecular flexibility index (Phi) is 7.34. The molecule has 150 valence electrons. The molecule has 8 nitrogen and oxygen atoms in total. The minimum absolute atomic E-state index is 0.0519. The summed E-state index contributed by atoms with van der Waals surface area (Å²) in [6, 6.07) is 5.44. The van der Waals surface area contributed by atoms with Gasteiger partial charge in [-0.15, -0.1) is 0 Å². The number of esters is 1. The van der Waals surface area contributed by atoms with Crippen molar-refractivity contribution in [3.63, 3.8) is 0 Å². The van der Waals surface area contributed by atoms with E-state index in [1.165, 1.54) is 45.3 Å². The first-order valence-electron chi connectivity index (χ1n) is 8.90. The van der Waals surface area contributed by atoms with Crippen LogP contribution in [0.2, 0.25) is 0 Å². The summed E-state index contributed by atoms with van der Waals surface area (Å²) < 4.78 is 30.6. The third-order valence-electron chi connectivity index (χ3n) is 4.51. The number of amides is 1. The van der Waals surface area contributed by atoms with Crippen LogP contribution in [0.1, 0.15) is 43.0 Å². The minimum Gasteiger partial charge on any atom is -0.449 e. The standard InChI is InChI=1S/C18H26N2O6S/c1-14(17(21)20-11-6-4-5-7-12-20)26-18(22)15-9-8-10-16(13-15)27(23,24)19(2)25-3/h8-10,13-14H,4-7,11-12H2,1-3H3. The van der Waals surface area contributed by atoms with E-state index < -0.39 is 22.1 Å². The van der Waals surface area contributed by atoms with Crippen LogP contribution in [-0.2, 0) is 24.4 Å². The molecule has 1 heterocycles. The zero-order chi connectivity index (χ0) is 20.0. The zero-order valence-corrected chi connectivity index (χ0v) is 16.7. The third-order valence-corrected chi connectivity index (χ3v) is 6.19. The number of rotatable bonds is 6. The zero-order valence-electron chi connectivity index (χ0n) is 15.9. The predicted octanol–water partition coefficient (Wildman–Crippen LogP) is 1.82. The minimum atomic E-state index is -3.88. The van der Waals surface area contributed by atoms with Crippen molar-refractivity contribution in [2.75, 3.05) is 27.2 Å². The van der Waals surface area contributed by atoms with Gasteiger partial charge in [0.25, 0.3) is 15.9 Å². The lowest BCUT2D eigenvalue weighted by atomic mass is 10.2. The van der Waals surface area contributed by atoms with E-state index in [4.69, 9.17) is 9.57 Å². The monoisotopic (exact) mass is 398 g/mol. The van der Waals surface area contributed by atoms with Gasteiger partial charge in [0.05, 0.1) is 17.6 Å². The van der Waals surface area contributed by atoms with Gasteiger partial charge in [0, 0.05) is 20.1 Å². The second-order valence-corrected chi connectivity index (χ2v) is 8.35. The van der Waals surface area contributed by atoms with Crippen molar-refractivity contribution < 1.29 is 27.6 Å². The van der Waals surface area contributed by atoms with E-state index >= 15 is 0 Å². The number of carbonyl (C=O) groups excluding carboxylic acids is 2. The second-order valence-electron chi connectivity index (χ2n) is 6.41. The van der Waals surface area contributed by atoms with Crippen molar-refractivity contribution in [1.29, 1.82) is 0 Å². The van der Waals surface area contributed by atoms with Crippen molar-refractivity contribution in [3.05, 3.63) is 29.8 Å². The van der Waals surface area contributed by atoms with Gasteiger partial charge in [0.1, 0.15) is 0 Å². The average Bonchev–Trinajstić information content (AvgIpc) is 2.96. The smallest absolute Gasteiger partial charge is 0.338 e. The van der Waals surface area contributed by atoms with E-state index in [2.05, 4.69) is 0 Å². The van der Waals surface area contributed by atoms with Crippen molar-refractivity contribution in [1.82, 2.24) is 9.37 Å². The molecule has 0 saturated carbocycles. The number of hydroxylamine groups is 1. The SMILES string of the molecule is CON(C)S(=O)(=O)c1cccc(C(=O)OC(C)C(=O)N2CCCCCC2)c1. The van der Waals surface area contributed by atoms with Gasteiger partial charge in [-0.2, -0.15) is 0 Å². The molecule has 0 aromatic heterocycles. The Hall–Kier alpha value is -1.97. The molecule has 1 aromatic carbocycles. The highest BCUT2D eigenvalue weighted by atomic mass is 32.2. The van der Waals surface area contributed by atoms with Gasteiger partial charge in [0.2, 0.25) is 0 Å². The van der Waals surface area contributed by atoms with Crippen LogP contribution in [0.15, 0.2) is 29.2 Å². The van der Waals surface area contributed by atoms with Crippen molar-refractivity contribution in [3.8, 4) is 0 Å². The largest absolute Gasteiger partial charge is 0.449 e. The first kappa shape index (κ1) is 21.3. The molecule has 1 aliphatic heterocycles. The normalized spacial score (nSPS) is 16.7. The Morgan fingerprint density at radius 1 is 1.15 bits per heavy atom. The average molecular weight is 398 g/mol. The van der Waals surface area contributed by atoms with Crippen LogP contribution in [0.3, 0.4) is 0 Å². The Balaban J connectivity index is 2.09. The van der Waals surface area contributed by atoms with Crippen LogP contribution in [-0.4, -0.2) is 63.0 Å². The van der Waals surface area contributed by atoms with Crippen LogP contribution >= 0.6 is 0 Å². The topological polar surface area (TPSA) is 93.2 Å². The molecule has 1 fully saturated rings. The van der Waals surface area contributed by atoms with E-state index in [9.17, 15) is 18.0 Å². The number of sulfonamides is 1. The second kappa shape index (κ2) is 9.29. The number of likely N-dealkylation sites (tertiary alicyclic amines) is 1. The number of carbonyl (C=O) groups is 2. The maximum absolute atomic E-state index is 12.5. The summed E-state index contributed by atoms with van der Waals surface area (Å²) in [6.07, 6.45) is 3.14. The third kappa shape index (κ3) is 5.27. The van der Waals surface area contributed by atoms with Crippen LogP contribution in [0.5, 0.6) is 0 Å². The van der Waals surface area contributed by atoms with Gasteiger partial charge in [-0.3, -0.25) is 9.63 Å². The lowest BCUT2D eigenvalue weighted by Gasteiger charge is -2.24. The lowest BCUT2D eigenvalue weighted by molar-refractivity contribution is -0.139. The number of ether oxygens (including phenoxy) is 1. The number of nitrogens with zero attached hydrogens (tertiary/aromatic N) is 2. The molecule has 1 saturated heterocycles. The summed E-state index contributed by atoms with van der Waals surface area (Å²) in [7, 11) is -1.40. The molecule has 0 radical (unpaired) electrons. The molecule has 0 aliphatic carbocycles. The molecule has 0 bridgehead atoms. The van der Waals surface area contributed by atoms with Crippen molar-refractivity contribution >= 4 is 21.9 Å². The van der Waals surface area contributed by atoms with Gasteiger partial charge in [-0.25, -0.2) is 13.2 Å². The van der Waals surface area contributed by atoms with Gasteiger partial charge < -0.3 is 9.64 Å². The number of hydrogen-bond acceptors (Lipinski definition) is 6. The highest BCUT2D eigenvalue weighted by Gasteiger charge is 2.26. The quantitative estimate of drug-likeness (QED) is 0.536. The molecule has 2 rings (SSSR count). The van der Waals surface area contributed by atoms with Gasteiger partial charge in [-0.1, -0.05) is 23.4 Å². The summed E-state index contributed by atoms with van der Waals surface area (Å²) in [5.74, 6) is -0.976. The van der Waals surface area contributed by atoms with Crippen molar-refractivity contribution in [2.45, 2.75) is 43.6 Å². The summed E-state index contributed by atoms with van der Waals surface area (Å²) in [4.78, 5) is 31.2. The van der Waals surface area contributed by atoms with Gasteiger partial charge in [0.15, 0.2) is 6.10 Å². The Morgan fingerprint density at radius 2 is 1.78 bits per heavy atom. The van der Waals surface area contributed by atoms with E-state index in [1.807, 2.05) is 0 Å². The predicted molar refractivity (Wildman–Crippen MR) is 98.3 cm³/mol. The number of benzene rings is 1. The van der Waals surface area contributed by atoms with Gasteiger partial charge in [-0.05, 0) is 38.0 Å². The van der Waals surface area contributed by atoms with Gasteiger partial charge >= 0.3 is 5.97 Å². The van der Waals surface area contributed by atoms with Crippen LogP contribution in [0.4, 0.5) is 0 Å². The molecule has 1 aromatic rings. The molecule has 1 aliphatic rings. The highest BCUT2D eigenvalue weighted by molar-refractivity contribution is 7.89. The first-order valence-corrected chi connectivity index (χ1v) is 10.3. The molecular weight excluding hydrogens is 372 g/mol. The molecule has 1 atom stereocenters. The Labute approximate surface area is 160 Å². The molecule has 0 N–H and O–H groups in total. The Morgan fingerprint density at radius 3 is 2.37 bits per heavy atom. The lowest BCUT2D eigenvalue weighted by Crippen LogP contribution is -2.40. The molecule has 27 heavy (non-hydrogen) atoms. The maximum atomic E-state index is 12.5. The molecule has 1 unspecified atom stereocenters. The van der Waals surface area contributed by atoms with E-state index in [1.54, 1.807) is 4.90 Å². The first-order chi connectivity index (χ1) is 12.8. The Bertz CT molecular complexity index is 772. The summed E-state index contributed by atoms with van der Waals surface area (Å²) >= 11 is 0. The molecular formula is C18H26N2O6S. The number of hydrogen-bond donors (Lipinski definition) is 0. The van der Waals surface area contributed by atoms with Crippen LogP contribution in [0, 0.1) is 0 Å². The molecule has 0 spiro atoms. The van der Waals surface area contributed by atoms with E-state index in [-0.39, 0.29) is 16.4 Å². The maximum Gasteiger partial charge on any atom is 0.338 e. The fourth-order valence-electron chi connectivity index (χ4n) is 2.86. The molecule has 1 amide bonds. The van der Waals surface area contributed by atoms with E-state index in [0.29, 0.717) is 17.6 Å². The summed E-state index contributed by atoms with van der Waals surface area (Å²) in [6.45, 7) is 2.86. The fraction of sp³-hybridized carbons (Fsp3) is 0.556. The van der Waals surface area contributed by atoms with Crippen LogP contribution in [0.25, 0.3) is 0 Å². The summed E-state index contributed by atoms with van der Waals surface area (Å²) in [5.41, 5.74) is 0.0519. The van der Waals surface area contributed by atoms with Crippen molar-refractivity contribution in [2.24, 2.45) is 0 Å². The van der Waals surface area contributed by atoms with Crippen LogP contribution < -0.4 is 0 Å². The fourth-order valence-corrected chi connectivity index (χ4v) is 3.88. The molecule has 9 heteroatoms. The highest BCUT2D eigenvalue weighted by Crippen LogP contribution is 2.18. The van der Waals surface area contributed by atoms with E-state index in [0.717, 1.165) is 25.7 Å². The summed E-state index contributed by atoms with van der Waals surface area (Å²) in [5, 5.41) is 0.